The van der Waals surface area contributed by atoms with Crippen LogP contribution in [0.1, 0.15) is 40.8 Å². The molecule has 0 fully saturated rings. The summed E-state index contributed by atoms with van der Waals surface area (Å²) in [4.78, 5) is 13.2. The van der Waals surface area contributed by atoms with Crippen molar-refractivity contribution in [3.8, 4) is 5.75 Å². The molecule has 136 valence electrons. The number of aryl methyl sites for hydroxylation is 1. The first-order valence-electron chi connectivity index (χ1n) is 8.25. The lowest BCUT2D eigenvalue weighted by atomic mass is 10.3. The summed E-state index contributed by atoms with van der Waals surface area (Å²) in [6.45, 7) is 6.36. The van der Waals surface area contributed by atoms with Crippen molar-refractivity contribution in [3.05, 3.63) is 62.9 Å². The van der Waals surface area contributed by atoms with Gasteiger partial charge in [0.2, 0.25) is 0 Å². The Bertz CT molecular complexity index is 900. The highest BCUT2D eigenvalue weighted by molar-refractivity contribution is 7.12. The summed E-state index contributed by atoms with van der Waals surface area (Å²) in [5, 5.41) is 9.94. The summed E-state index contributed by atoms with van der Waals surface area (Å²) in [5.74, 6) is 1.30. The van der Waals surface area contributed by atoms with Gasteiger partial charge in [0.1, 0.15) is 18.2 Å². The number of amides is 1. The first-order chi connectivity index (χ1) is 12.4. The van der Waals surface area contributed by atoms with Gasteiger partial charge >= 0.3 is 0 Å². The van der Waals surface area contributed by atoms with Gasteiger partial charge in [-0.05, 0) is 56.5 Å². The van der Waals surface area contributed by atoms with Crippen LogP contribution in [0.4, 0.5) is 5.82 Å². The normalized spacial score (nSPS) is 11.0. The van der Waals surface area contributed by atoms with Crippen molar-refractivity contribution in [2.45, 2.75) is 33.4 Å². The summed E-state index contributed by atoms with van der Waals surface area (Å²) >= 11 is 7.25. The fourth-order valence-electron chi connectivity index (χ4n) is 2.45. The van der Waals surface area contributed by atoms with E-state index in [0.717, 1.165) is 17.0 Å². The molecule has 0 atom stereocenters. The zero-order valence-corrected chi connectivity index (χ0v) is 16.4. The summed E-state index contributed by atoms with van der Waals surface area (Å²) < 4.78 is 7.53. The molecule has 3 aromatic rings. The van der Waals surface area contributed by atoms with Crippen LogP contribution in [0.5, 0.6) is 5.75 Å². The van der Waals surface area contributed by atoms with E-state index >= 15 is 0 Å². The van der Waals surface area contributed by atoms with Crippen molar-refractivity contribution < 1.29 is 9.53 Å². The van der Waals surface area contributed by atoms with Crippen molar-refractivity contribution in [2.24, 2.45) is 0 Å². The van der Waals surface area contributed by atoms with E-state index in [1.54, 1.807) is 12.1 Å². The maximum absolute atomic E-state index is 12.5. The minimum atomic E-state index is -0.144. The van der Waals surface area contributed by atoms with E-state index in [4.69, 9.17) is 16.3 Å². The number of anilines is 1. The van der Waals surface area contributed by atoms with Gasteiger partial charge in [-0.2, -0.15) is 5.10 Å². The quantitative estimate of drug-likeness (QED) is 0.620. The minimum Gasteiger partial charge on any atom is -0.489 e. The van der Waals surface area contributed by atoms with Gasteiger partial charge in [-0.15, -0.1) is 11.3 Å². The van der Waals surface area contributed by atoms with E-state index in [1.165, 1.54) is 11.3 Å². The van der Waals surface area contributed by atoms with Gasteiger partial charge in [0.15, 0.2) is 0 Å². The second kappa shape index (κ2) is 7.93. The number of benzene rings is 1. The molecule has 0 saturated heterocycles. The molecule has 26 heavy (non-hydrogen) atoms. The third kappa shape index (κ3) is 4.45. The summed E-state index contributed by atoms with van der Waals surface area (Å²) in [5.41, 5.74) is 1.82. The highest BCUT2D eigenvalue weighted by atomic mass is 35.5. The van der Waals surface area contributed by atoms with Crippen molar-refractivity contribution >= 4 is 34.7 Å². The molecule has 7 heteroatoms. The lowest BCUT2D eigenvalue weighted by Crippen LogP contribution is -2.15. The van der Waals surface area contributed by atoms with E-state index in [-0.39, 0.29) is 11.9 Å². The SMILES string of the molecule is Cc1cc(NC(=O)c2cc(COc3ccc(Cl)cc3)cs2)n(C(C)C)n1. The van der Waals surface area contributed by atoms with E-state index in [1.807, 2.05) is 55.1 Å². The lowest BCUT2D eigenvalue weighted by molar-refractivity contribution is 0.102. The summed E-state index contributed by atoms with van der Waals surface area (Å²) in [6, 6.07) is 11.1. The number of hydrogen-bond acceptors (Lipinski definition) is 4. The fraction of sp³-hybridized carbons (Fsp3) is 0.263. The van der Waals surface area contributed by atoms with Gasteiger partial charge in [-0.3, -0.25) is 4.79 Å². The lowest BCUT2D eigenvalue weighted by Gasteiger charge is -2.11. The van der Waals surface area contributed by atoms with Gasteiger partial charge in [0.25, 0.3) is 5.91 Å². The molecule has 0 spiro atoms. The van der Waals surface area contributed by atoms with Gasteiger partial charge < -0.3 is 10.1 Å². The Kier molecular flexibility index (Phi) is 5.64. The molecule has 0 radical (unpaired) electrons. The first kappa shape index (κ1) is 18.5. The molecule has 0 aliphatic heterocycles. The van der Waals surface area contributed by atoms with E-state index < -0.39 is 0 Å². The number of ether oxygens (including phenoxy) is 1. The Hall–Kier alpha value is -2.31. The maximum atomic E-state index is 12.5. The predicted octanol–water partition coefficient (Wildman–Crippen LogP) is 5.32. The summed E-state index contributed by atoms with van der Waals surface area (Å²) in [7, 11) is 0. The van der Waals surface area contributed by atoms with Crippen LogP contribution in [0, 0.1) is 6.92 Å². The number of carbonyl (C=O) groups is 1. The number of nitrogens with zero attached hydrogens (tertiary/aromatic N) is 2. The van der Waals surface area contributed by atoms with E-state index in [9.17, 15) is 4.79 Å². The molecule has 2 heterocycles. The number of carbonyl (C=O) groups excluding carboxylic acids is 1. The van der Waals surface area contributed by atoms with Gasteiger partial charge in [-0.25, -0.2) is 4.68 Å². The maximum Gasteiger partial charge on any atom is 0.266 e. The number of thiophene rings is 1. The van der Waals surface area contributed by atoms with Crippen molar-refractivity contribution in [1.82, 2.24) is 9.78 Å². The molecule has 0 unspecified atom stereocenters. The summed E-state index contributed by atoms with van der Waals surface area (Å²) in [6.07, 6.45) is 0. The van der Waals surface area contributed by atoms with Crippen LogP contribution in [-0.4, -0.2) is 15.7 Å². The van der Waals surface area contributed by atoms with Crippen LogP contribution in [0.25, 0.3) is 0 Å². The molecule has 0 bridgehead atoms. The van der Waals surface area contributed by atoms with Crippen LogP contribution < -0.4 is 10.1 Å². The van der Waals surface area contributed by atoms with Crippen LogP contribution in [-0.2, 0) is 6.61 Å². The largest absolute Gasteiger partial charge is 0.489 e. The standard InChI is InChI=1S/C19H20ClN3O2S/c1-12(2)23-18(8-13(3)22-23)21-19(24)17-9-14(11-26-17)10-25-16-6-4-15(20)5-7-16/h4-9,11-12H,10H2,1-3H3,(H,21,24). The number of rotatable bonds is 6. The van der Waals surface area contributed by atoms with E-state index in [2.05, 4.69) is 10.4 Å². The van der Waals surface area contributed by atoms with Crippen molar-refractivity contribution in [3.63, 3.8) is 0 Å². The Morgan fingerprint density at radius 1 is 1.31 bits per heavy atom. The van der Waals surface area contributed by atoms with Gasteiger partial charge in [0.05, 0.1) is 10.6 Å². The first-order valence-corrected chi connectivity index (χ1v) is 9.51. The predicted molar refractivity (Wildman–Crippen MR) is 105 cm³/mol. The van der Waals surface area contributed by atoms with Crippen LogP contribution in [0.15, 0.2) is 41.8 Å². The molecular weight excluding hydrogens is 370 g/mol. The van der Waals surface area contributed by atoms with Crippen LogP contribution >= 0.6 is 22.9 Å². The van der Waals surface area contributed by atoms with Gasteiger partial charge in [0, 0.05) is 22.7 Å². The molecule has 1 aromatic carbocycles. The zero-order chi connectivity index (χ0) is 18.7. The Morgan fingerprint density at radius 2 is 2.04 bits per heavy atom. The molecule has 1 N–H and O–H groups in total. The number of halogens is 1. The van der Waals surface area contributed by atoms with Gasteiger partial charge in [-0.1, -0.05) is 11.6 Å². The number of nitrogens with one attached hydrogen (secondary N) is 1. The zero-order valence-electron chi connectivity index (χ0n) is 14.8. The third-order valence-electron chi connectivity index (χ3n) is 3.69. The average Bonchev–Trinajstić information content (AvgIpc) is 3.21. The Balaban J connectivity index is 1.63. The Labute approximate surface area is 161 Å². The highest BCUT2D eigenvalue weighted by Gasteiger charge is 2.14. The molecule has 2 aromatic heterocycles. The van der Waals surface area contributed by atoms with Crippen LogP contribution in [0.3, 0.4) is 0 Å². The smallest absolute Gasteiger partial charge is 0.266 e. The van der Waals surface area contributed by atoms with Crippen LogP contribution in [0.2, 0.25) is 5.02 Å². The minimum absolute atomic E-state index is 0.144. The molecular formula is C19H20ClN3O2S. The molecule has 5 nitrogen and oxygen atoms in total. The molecule has 3 rings (SSSR count). The number of hydrogen-bond donors (Lipinski definition) is 1. The van der Waals surface area contributed by atoms with Crippen molar-refractivity contribution in [2.75, 3.05) is 5.32 Å². The monoisotopic (exact) mass is 389 g/mol. The topological polar surface area (TPSA) is 56.1 Å². The molecule has 0 aliphatic rings. The third-order valence-corrected chi connectivity index (χ3v) is 4.92. The van der Waals surface area contributed by atoms with E-state index in [0.29, 0.717) is 22.3 Å². The molecule has 0 aliphatic carbocycles. The number of aromatic nitrogens is 2. The molecule has 1 amide bonds. The average molecular weight is 390 g/mol. The second-order valence-corrected chi connectivity index (χ2v) is 7.57. The fourth-order valence-corrected chi connectivity index (χ4v) is 3.37. The Morgan fingerprint density at radius 3 is 2.73 bits per heavy atom. The second-order valence-electron chi connectivity index (χ2n) is 6.23. The molecule has 0 saturated carbocycles. The van der Waals surface area contributed by atoms with Crippen molar-refractivity contribution in [1.29, 1.82) is 0 Å². The highest BCUT2D eigenvalue weighted by Crippen LogP contribution is 2.22.